The van der Waals surface area contributed by atoms with Gasteiger partial charge in [0.05, 0.1) is 7.11 Å². The number of rotatable bonds is 5. The van der Waals surface area contributed by atoms with Crippen LogP contribution >= 0.6 is 0 Å². The Hall–Kier alpha value is -2.00. The third kappa shape index (κ3) is 3.56. The van der Waals surface area contributed by atoms with E-state index in [0.717, 1.165) is 23.5 Å². The molecule has 0 fully saturated rings. The summed E-state index contributed by atoms with van der Waals surface area (Å²) in [6.07, 6.45) is 0. The highest BCUT2D eigenvalue weighted by atomic mass is 16.5. The second-order valence-corrected chi connectivity index (χ2v) is 5.52. The fourth-order valence-corrected chi connectivity index (χ4v) is 2.55. The van der Waals surface area contributed by atoms with Crippen molar-refractivity contribution < 1.29 is 4.74 Å². The molecular formula is C18H24N2O. The van der Waals surface area contributed by atoms with E-state index in [1.807, 2.05) is 19.1 Å². The predicted octanol–water partition coefficient (Wildman–Crippen LogP) is 3.66. The number of anilines is 1. The number of ether oxygens (including phenoxy) is 1. The van der Waals surface area contributed by atoms with Crippen molar-refractivity contribution in [3.8, 4) is 5.75 Å². The Bertz CT molecular complexity index is 591. The first-order chi connectivity index (χ1) is 10.0. The first kappa shape index (κ1) is 15.4. The largest absolute Gasteiger partial charge is 0.496 e. The number of hydrogen-bond donors (Lipinski definition) is 1. The van der Waals surface area contributed by atoms with Gasteiger partial charge in [-0.05, 0) is 31.5 Å². The molecule has 0 aliphatic heterocycles. The Morgan fingerprint density at radius 1 is 1.14 bits per heavy atom. The van der Waals surface area contributed by atoms with Gasteiger partial charge < -0.3 is 15.4 Å². The average Bonchev–Trinajstić information content (AvgIpc) is 2.48. The van der Waals surface area contributed by atoms with Gasteiger partial charge in [-0.2, -0.15) is 0 Å². The van der Waals surface area contributed by atoms with Gasteiger partial charge in [0.1, 0.15) is 5.75 Å². The van der Waals surface area contributed by atoms with Gasteiger partial charge in [-0.25, -0.2) is 0 Å². The standard InChI is InChI=1S/C18H24N2O/c1-13-8-10-15(11-9-13)12-20(3)16-6-5-7-17(21-4)18(16)14(2)19/h5-11,14H,12,19H2,1-4H3/t14-/m0/s1. The summed E-state index contributed by atoms with van der Waals surface area (Å²) in [5, 5.41) is 0. The molecule has 0 spiro atoms. The molecule has 0 amide bonds. The van der Waals surface area contributed by atoms with Crippen LogP contribution in [-0.2, 0) is 6.54 Å². The van der Waals surface area contributed by atoms with Crippen molar-refractivity contribution >= 4 is 5.69 Å². The number of benzene rings is 2. The summed E-state index contributed by atoms with van der Waals surface area (Å²) < 4.78 is 5.46. The molecule has 1 atom stereocenters. The highest BCUT2D eigenvalue weighted by Crippen LogP contribution is 2.33. The molecule has 0 radical (unpaired) electrons. The number of nitrogens with zero attached hydrogens (tertiary/aromatic N) is 1. The van der Waals surface area contributed by atoms with Crippen LogP contribution in [-0.4, -0.2) is 14.2 Å². The zero-order chi connectivity index (χ0) is 15.4. The van der Waals surface area contributed by atoms with Crippen LogP contribution < -0.4 is 15.4 Å². The van der Waals surface area contributed by atoms with E-state index in [2.05, 4.69) is 49.2 Å². The highest BCUT2D eigenvalue weighted by molar-refractivity contribution is 5.60. The summed E-state index contributed by atoms with van der Waals surface area (Å²) in [6.45, 7) is 4.93. The molecule has 2 aromatic rings. The Kier molecular flexibility index (Phi) is 4.86. The molecule has 21 heavy (non-hydrogen) atoms. The van der Waals surface area contributed by atoms with Gasteiger partial charge >= 0.3 is 0 Å². The summed E-state index contributed by atoms with van der Waals surface area (Å²) in [4.78, 5) is 2.21. The third-order valence-electron chi connectivity index (χ3n) is 3.67. The monoisotopic (exact) mass is 284 g/mol. The van der Waals surface area contributed by atoms with Gasteiger partial charge in [0, 0.05) is 30.9 Å². The fraction of sp³-hybridized carbons (Fsp3) is 0.333. The maximum absolute atomic E-state index is 6.14. The van der Waals surface area contributed by atoms with E-state index in [0.29, 0.717) is 0 Å². The van der Waals surface area contributed by atoms with Crippen LogP contribution in [0.25, 0.3) is 0 Å². The Morgan fingerprint density at radius 2 is 1.81 bits per heavy atom. The van der Waals surface area contributed by atoms with Crippen molar-refractivity contribution in [3.05, 3.63) is 59.2 Å². The van der Waals surface area contributed by atoms with Crippen molar-refractivity contribution in [2.24, 2.45) is 5.73 Å². The van der Waals surface area contributed by atoms with Crippen LogP contribution in [0.3, 0.4) is 0 Å². The van der Waals surface area contributed by atoms with Crippen LogP contribution in [0.15, 0.2) is 42.5 Å². The van der Waals surface area contributed by atoms with Gasteiger partial charge in [-0.3, -0.25) is 0 Å². The summed E-state index contributed by atoms with van der Waals surface area (Å²) in [7, 11) is 3.77. The molecule has 0 aliphatic rings. The molecule has 0 saturated heterocycles. The molecule has 0 bridgehead atoms. The van der Waals surface area contributed by atoms with E-state index in [9.17, 15) is 0 Å². The van der Waals surface area contributed by atoms with Gasteiger partial charge in [0.2, 0.25) is 0 Å². The number of hydrogen-bond acceptors (Lipinski definition) is 3. The fourth-order valence-electron chi connectivity index (χ4n) is 2.55. The van der Waals surface area contributed by atoms with E-state index in [-0.39, 0.29) is 6.04 Å². The smallest absolute Gasteiger partial charge is 0.125 e. The van der Waals surface area contributed by atoms with Crippen molar-refractivity contribution in [2.45, 2.75) is 26.4 Å². The summed E-state index contributed by atoms with van der Waals surface area (Å²) in [5.41, 5.74) is 10.9. The van der Waals surface area contributed by atoms with Crippen molar-refractivity contribution in [2.75, 3.05) is 19.1 Å². The molecule has 3 heteroatoms. The molecular weight excluding hydrogens is 260 g/mol. The summed E-state index contributed by atoms with van der Waals surface area (Å²) in [5.74, 6) is 0.846. The Balaban J connectivity index is 2.30. The van der Waals surface area contributed by atoms with Gasteiger partial charge in [-0.15, -0.1) is 0 Å². The lowest BCUT2D eigenvalue weighted by molar-refractivity contribution is 0.407. The minimum absolute atomic E-state index is 0.0726. The van der Waals surface area contributed by atoms with E-state index in [4.69, 9.17) is 10.5 Å². The van der Waals surface area contributed by atoms with E-state index < -0.39 is 0 Å². The maximum Gasteiger partial charge on any atom is 0.125 e. The van der Waals surface area contributed by atoms with Crippen molar-refractivity contribution in [1.82, 2.24) is 0 Å². The summed E-state index contributed by atoms with van der Waals surface area (Å²) >= 11 is 0. The van der Waals surface area contributed by atoms with Crippen molar-refractivity contribution in [1.29, 1.82) is 0 Å². The minimum Gasteiger partial charge on any atom is -0.496 e. The molecule has 2 aromatic carbocycles. The lowest BCUT2D eigenvalue weighted by atomic mass is 10.0. The number of methoxy groups -OCH3 is 1. The molecule has 3 nitrogen and oxygen atoms in total. The molecule has 112 valence electrons. The normalized spacial score (nSPS) is 12.0. The van der Waals surface area contributed by atoms with Crippen LogP contribution in [0.5, 0.6) is 5.75 Å². The molecule has 0 saturated carbocycles. The zero-order valence-electron chi connectivity index (χ0n) is 13.3. The Labute approximate surface area is 127 Å². The zero-order valence-corrected chi connectivity index (χ0v) is 13.3. The first-order valence-electron chi connectivity index (χ1n) is 7.22. The van der Waals surface area contributed by atoms with Crippen LogP contribution in [0.4, 0.5) is 5.69 Å². The second kappa shape index (κ2) is 6.64. The Morgan fingerprint density at radius 3 is 2.38 bits per heavy atom. The maximum atomic E-state index is 6.14. The molecule has 0 aromatic heterocycles. The second-order valence-electron chi connectivity index (χ2n) is 5.52. The quantitative estimate of drug-likeness (QED) is 0.910. The minimum atomic E-state index is -0.0726. The van der Waals surface area contributed by atoms with Gasteiger partial charge in [-0.1, -0.05) is 35.9 Å². The lowest BCUT2D eigenvalue weighted by Gasteiger charge is -2.25. The van der Waals surface area contributed by atoms with Crippen LogP contribution in [0.1, 0.15) is 29.7 Å². The van der Waals surface area contributed by atoms with E-state index >= 15 is 0 Å². The van der Waals surface area contributed by atoms with Crippen molar-refractivity contribution in [3.63, 3.8) is 0 Å². The van der Waals surface area contributed by atoms with Crippen LogP contribution in [0, 0.1) is 6.92 Å². The van der Waals surface area contributed by atoms with Crippen LogP contribution in [0.2, 0.25) is 0 Å². The van der Waals surface area contributed by atoms with Gasteiger partial charge in [0.25, 0.3) is 0 Å². The van der Waals surface area contributed by atoms with E-state index in [1.165, 1.54) is 11.1 Å². The molecule has 2 N–H and O–H groups in total. The molecule has 2 rings (SSSR count). The molecule has 0 heterocycles. The summed E-state index contributed by atoms with van der Waals surface area (Å²) in [6, 6.07) is 14.6. The predicted molar refractivity (Wildman–Crippen MR) is 88.9 cm³/mol. The van der Waals surface area contributed by atoms with E-state index in [1.54, 1.807) is 7.11 Å². The highest BCUT2D eigenvalue weighted by Gasteiger charge is 2.16. The molecule has 0 unspecified atom stereocenters. The SMILES string of the molecule is COc1cccc(N(C)Cc2ccc(C)cc2)c1[C@H](C)N. The lowest BCUT2D eigenvalue weighted by Crippen LogP contribution is -2.20. The first-order valence-corrected chi connectivity index (χ1v) is 7.22. The number of nitrogens with two attached hydrogens (primary N) is 1. The van der Waals surface area contributed by atoms with Gasteiger partial charge in [0.15, 0.2) is 0 Å². The molecule has 0 aliphatic carbocycles. The third-order valence-corrected chi connectivity index (χ3v) is 3.67. The number of aryl methyl sites for hydroxylation is 1. The topological polar surface area (TPSA) is 38.5 Å². The average molecular weight is 284 g/mol.